The molecule has 0 bridgehead atoms. The van der Waals surface area contributed by atoms with Crippen LogP contribution in [0, 0.1) is 0 Å². The van der Waals surface area contributed by atoms with Crippen molar-refractivity contribution in [2.45, 2.75) is 110 Å². The summed E-state index contributed by atoms with van der Waals surface area (Å²) in [4.78, 5) is 20.9. The van der Waals surface area contributed by atoms with Crippen molar-refractivity contribution in [3.8, 4) is 0 Å². The molecule has 28 heavy (non-hydrogen) atoms. The Kier molecular flexibility index (Phi) is 24.0. The average molecular weight is 397 g/mol. The molecule has 4 nitrogen and oxygen atoms in total. The van der Waals surface area contributed by atoms with E-state index in [4.69, 9.17) is 5.11 Å². The van der Waals surface area contributed by atoms with Gasteiger partial charge < -0.3 is 9.84 Å². The summed E-state index contributed by atoms with van der Waals surface area (Å²) in [6.07, 6.45) is 19.5. The number of rotatable bonds is 18. The fraction of sp³-hybridized carbons (Fsp3) is 0.750. The Hall–Kier alpha value is -1.58. The number of hydrogen-bond donors (Lipinski definition) is 1. The molecule has 0 aromatic rings. The molecule has 0 aromatic heterocycles. The summed E-state index contributed by atoms with van der Waals surface area (Å²) in [5.41, 5.74) is 0.354. The highest BCUT2D eigenvalue weighted by molar-refractivity contribution is 5.85. The molecule has 0 aliphatic carbocycles. The minimum absolute atomic E-state index is 0.330. The van der Waals surface area contributed by atoms with Gasteiger partial charge in [0.15, 0.2) is 0 Å². The molecule has 0 saturated carbocycles. The van der Waals surface area contributed by atoms with Crippen molar-refractivity contribution >= 4 is 11.9 Å². The molecule has 0 aliphatic heterocycles. The van der Waals surface area contributed by atoms with Crippen molar-refractivity contribution < 1.29 is 19.4 Å². The average Bonchev–Trinajstić information content (AvgIpc) is 2.69. The van der Waals surface area contributed by atoms with E-state index in [0.717, 1.165) is 25.7 Å². The number of ether oxygens (including phenoxy) is 1. The summed E-state index contributed by atoms with van der Waals surface area (Å²) >= 11 is 0. The maximum absolute atomic E-state index is 10.5. The van der Waals surface area contributed by atoms with Crippen LogP contribution in [0.1, 0.15) is 110 Å². The number of aliphatic carboxylic acids is 1. The quantitative estimate of drug-likeness (QED) is 0.151. The van der Waals surface area contributed by atoms with E-state index >= 15 is 0 Å². The molecule has 1 N–H and O–H groups in total. The van der Waals surface area contributed by atoms with Gasteiger partial charge in [-0.2, -0.15) is 0 Å². The molecule has 164 valence electrons. The fourth-order valence-corrected chi connectivity index (χ4v) is 2.66. The lowest BCUT2D eigenvalue weighted by molar-refractivity contribution is -0.138. The zero-order valence-electron chi connectivity index (χ0n) is 18.5. The monoisotopic (exact) mass is 396 g/mol. The van der Waals surface area contributed by atoms with Crippen molar-refractivity contribution in [2.75, 3.05) is 6.61 Å². The summed E-state index contributed by atoms with van der Waals surface area (Å²) in [5, 5.41) is 8.66. The molecule has 0 spiro atoms. The summed E-state index contributed by atoms with van der Waals surface area (Å²) in [6.45, 7) is 11.6. The van der Waals surface area contributed by atoms with Gasteiger partial charge in [0.05, 0.1) is 6.61 Å². The molecule has 0 aromatic carbocycles. The first-order valence-electron chi connectivity index (χ1n) is 11.2. The first-order valence-corrected chi connectivity index (χ1v) is 11.2. The second-order valence-corrected chi connectivity index (χ2v) is 7.27. The van der Waals surface area contributed by atoms with Gasteiger partial charge >= 0.3 is 11.9 Å². The van der Waals surface area contributed by atoms with E-state index in [1.165, 1.54) is 70.3 Å². The lowest BCUT2D eigenvalue weighted by Gasteiger charge is -2.03. The van der Waals surface area contributed by atoms with Gasteiger partial charge in [-0.05, 0) is 19.3 Å². The van der Waals surface area contributed by atoms with E-state index in [1.807, 2.05) is 6.92 Å². The van der Waals surface area contributed by atoms with Crippen LogP contribution in [-0.4, -0.2) is 23.7 Å². The lowest BCUT2D eigenvalue weighted by Crippen LogP contribution is -2.00. The number of esters is 1. The zero-order valence-corrected chi connectivity index (χ0v) is 18.5. The van der Waals surface area contributed by atoms with Crippen LogP contribution in [-0.2, 0) is 14.3 Å². The standard InChI is InChI=1S/C17H32O2.C7H12O2/c1-3-4-5-6-7-8-9-10-11-12-13-14-15-16(2)17(18)19;1-3-5-6-9-7(8)4-2/h2-15H2,1H3,(H,18,19);4H,2-3,5-6H2,1H3. The highest BCUT2D eigenvalue weighted by Crippen LogP contribution is 2.13. The maximum Gasteiger partial charge on any atom is 0.330 e. The van der Waals surface area contributed by atoms with Crippen molar-refractivity contribution in [1.29, 1.82) is 0 Å². The summed E-state index contributed by atoms with van der Waals surface area (Å²) in [7, 11) is 0. The number of carboxylic acids is 1. The molecule has 0 radical (unpaired) electrons. The Balaban J connectivity index is 0. The van der Waals surface area contributed by atoms with Crippen LogP contribution in [0.5, 0.6) is 0 Å². The third kappa shape index (κ3) is 24.4. The van der Waals surface area contributed by atoms with Crippen molar-refractivity contribution in [3.63, 3.8) is 0 Å². The third-order valence-electron chi connectivity index (χ3n) is 4.54. The lowest BCUT2D eigenvalue weighted by atomic mass is 10.0. The van der Waals surface area contributed by atoms with Gasteiger partial charge in [0.1, 0.15) is 0 Å². The second-order valence-electron chi connectivity index (χ2n) is 7.27. The Labute approximate surface area is 173 Å². The molecule has 0 amide bonds. The van der Waals surface area contributed by atoms with Gasteiger partial charge in [0, 0.05) is 11.6 Å². The van der Waals surface area contributed by atoms with E-state index in [0.29, 0.717) is 18.6 Å². The second kappa shape index (κ2) is 23.5. The van der Waals surface area contributed by atoms with Crippen LogP contribution in [0.15, 0.2) is 24.8 Å². The third-order valence-corrected chi connectivity index (χ3v) is 4.54. The molecule has 0 heterocycles. The minimum Gasteiger partial charge on any atom is -0.478 e. The number of carbonyl (C=O) groups excluding carboxylic acids is 1. The molecule has 0 atom stereocenters. The topological polar surface area (TPSA) is 63.6 Å². The summed E-state index contributed by atoms with van der Waals surface area (Å²) in [5.74, 6) is -1.17. The highest BCUT2D eigenvalue weighted by atomic mass is 16.5. The molecule has 0 unspecified atom stereocenters. The van der Waals surface area contributed by atoms with Crippen LogP contribution in [0.2, 0.25) is 0 Å². The molecular formula is C24H44O4. The van der Waals surface area contributed by atoms with Crippen molar-refractivity contribution in [2.24, 2.45) is 0 Å². The number of carbonyl (C=O) groups is 2. The van der Waals surface area contributed by atoms with Gasteiger partial charge in [0.25, 0.3) is 0 Å². The number of unbranched alkanes of at least 4 members (excludes halogenated alkanes) is 12. The van der Waals surface area contributed by atoms with Crippen LogP contribution in [0.3, 0.4) is 0 Å². The van der Waals surface area contributed by atoms with Crippen LogP contribution in [0.25, 0.3) is 0 Å². The Morgan fingerprint density at radius 3 is 1.61 bits per heavy atom. The van der Waals surface area contributed by atoms with Gasteiger partial charge in [0.2, 0.25) is 0 Å². The molecular weight excluding hydrogens is 352 g/mol. The Morgan fingerprint density at radius 1 is 0.786 bits per heavy atom. The predicted molar refractivity (Wildman–Crippen MR) is 119 cm³/mol. The predicted octanol–water partition coefficient (Wildman–Crippen LogP) is 7.23. The minimum atomic E-state index is -0.844. The number of hydrogen-bond acceptors (Lipinski definition) is 3. The van der Waals surface area contributed by atoms with Crippen LogP contribution < -0.4 is 0 Å². The molecule has 0 saturated heterocycles. The van der Waals surface area contributed by atoms with Crippen LogP contribution in [0.4, 0.5) is 0 Å². The van der Waals surface area contributed by atoms with E-state index in [9.17, 15) is 9.59 Å². The molecule has 0 rings (SSSR count). The largest absolute Gasteiger partial charge is 0.478 e. The Bertz CT molecular complexity index is 401. The van der Waals surface area contributed by atoms with E-state index in [2.05, 4.69) is 24.8 Å². The zero-order chi connectivity index (χ0) is 21.5. The Morgan fingerprint density at radius 2 is 1.21 bits per heavy atom. The van der Waals surface area contributed by atoms with Gasteiger partial charge in [-0.25, -0.2) is 9.59 Å². The first kappa shape index (κ1) is 28.6. The van der Waals surface area contributed by atoms with Crippen LogP contribution >= 0.6 is 0 Å². The normalized spacial score (nSPS) is 9.93. The summed E-state index contributed by atoms with van der Waals surface area (Å²) < 4.78 is 4.67. The molecule has 0 aliphatic rings. The van der Waals surface area contributed by atoms with Gasteiger partial charge in [-0.3, -0.25) is 0 Å². The van der Waals surface area contributed by atoms with E-state index < -0.39 is 5.97 Å². The highest BCUT2D eigenvalue weighted by Gasteiger charge is 2.02. The van der Waals surface area contributed by atoms with Crippen molar-refractivity contribution in [1.82, 2.24) is 0 Å². The SMILES string of the molecule is C=C(CCCCCCCCCCCCCC)C(=O)O.C=CC(=O)OCCCC. The van der Waals surface area contributed by atoms with Gasteiger partial charge in [-0.15, -0.1) is 0 Å². The number of carboxylic acid groups (broad SMARTS) is 1. The fourth-order valence-electron chi connectivity index (χ4n) is 2.66. The van der Waals surface area contributed by atoms with Crippen molar-refractivity contribution in [3.05, 3.63) is 24.8 Å². The summed E-state index contributed by atoms with van der Waals surface area (Å²) in [6, 6.07) is 0. The molecule has 0 fully saturated rings. The van der Waals surface area contributed by atoms with E-state index in [1.54, 1.807) is 0 Å². The van der Waals surface area contributed by atoms with E-state index in [-0.39, 0.29) is 5.97 Å². The first-order chi connectivity index (χ1) is 13.5. The smallest absolute Gasteiger partial charge is 0.330 e. The maximum atomic E-state index is 10.5. The molecule has 4 heteroatoms. The van der Waals surface area contributed by atoms with Gasteiger partial charge in [-0.1, -0.05) is 104 Å².